The van der Waals surface area contributed by atoms with Gasteiger partial charge in [0.25, 0.3) is 0 Å². The number of sulfonamides is 1. The van der Waals surface area contributed by atoms with E-state index >= 15 is 0 Å². The summed E-state index contributed by atoms with van der Waals surface area (Å²) in [6, 6.07) is 10.3. The summed E-state index contributed by atoms with van der Waals surface area (Å²) in [5.41, 5.74) is 0.717. The van der Waals surface area contributed by atoms with E-state index < -0.39 is 10.0 Å². The summed E-state index contributed by atoms with van der Waals surface area (Å²) in [6.07, 6.45) is 2.75. The minimum atomic E-state index is -3.67. The van der Waals surface area contributed by atoms with E-state index in [2.05, 4.69) is 15.5 Å². The minimum absolute atomic E-state index is 0.103. The summed E-state index contributed by atoms with van der Waals surface area (Å²) in [7, 11) is -3.67. The van der Waals surface area contributed by atoms with Gasteiger partial charge in [-0.25, -0.2) is 8.42 Å². The van der Waals surface area contributed by atoms with Gasteiger partial charge in [0.15, 0.2) is 23.0 Å². The summed E-state index contributed by atoms with van der Waals surface area (Å²) >= 11 is 0. The van der Waals surface area contributed by atoms with Crippen LogP contribution in [0.25, 0.3) is 5.65 Å². The fourth-order valence-corrected chi connectivity index (χ4v) is 5.50. The average Bonchev–Trinajstić information content (AvgIpc) is 3.25. The van der Waals surface area contributed by atoms with Crippen LogP contribution in [0.5, 0.6) is 11.5 Å². The molecule has 0 spiro atoms. The second kappa shape index (κ2) is 8.40. The lowest BCUT2D eigenvalue weighted by molar-refractivity contribution is -0.126. The highest BCUT2D eigenvalue weighted by molar-refractivity contribution is 7.89. The van der Waals surface area contributed by atoms with Crippen molar-refractivity contribution in [2.75, 3.05) is 26.3 Å². The molecule has 1 amide bonds. The number of fused-ring (bicyclic) bond motifs is 2. The van der Waals surface area contributed by atoms with Crippen LogP contribution in [0.15, 0.2) is 47.5 Å². The fraction of sp³-hybridized carbons (Fsp3) is 0.381. The Balaban J connectivity index is 1.19. The lowest BCUT2D eigenvalue weighted by Gasteiger charge is -2.30. The number of amides is 1. The van der Waals surface area contributed by atoms with Gasteiger partial charge >= 0.3 is 0 Å². The van der Waals surface area contributed by atoms with Crippen LogP contribution in [0.4, 0.5) is 0 Å². The number of rotatable bonds is 5. The maximum Gasteiger partial charge on any atom is 0.243 e. The molecule has 4 heterocycles. The van der Waals surface area contributed by atoms with Crippen molar-refractivity contribution in [3.05, 3.63) is 48.4 Å². The largest absolute Gasteiger partial charge is 0.486 e. The summed E-state index contributed by atoms with van der Waals surface area (Å²) in [5, 5.41) is 11.1. The number of piperidine rings is 1. The van der Waals surface area contributed by atoms with Crippen LogP contribution < -0.4 is 14.8 Å². The van der Waals surface area contributed by atoms with Gasteiger partial charge in [-0.3, -0.25) is 9.20 Å². The summed E-state index contributed by atoms with van der Waals surface area (Å²) in [6.45, 7) is 1.66. The molecule has 32 heavy (non-hydrogen) atoms. The molecule has 1 N–H and O–H groups in total. The van der Waals surface area contributed by atoms with E-state index in [1.165, 1.54) is 16.4 Å². The number of hydrogen-bond donors (Lipinski definition) is 1. The van der Waals surface area contributed by atoms with Crippen molar-refractivity contribution in [1.29, 1.82) is 0 Å². The molecule has 1 fully saturated rings. The van der Waals surface area contributed by atoms with Crippen LogP contribution in [-0.4, -0.2) is 59.5 Å². The zero-order chi connectivity index (χ0) is 22.1. The van der Waals surface area contributed by atoms with Crippen molar-refractivity contribution in [2.24, 2.45) is 5.92 Å². The number of nitrogens with zero attached hydrogens (tertiary/aromatic N) is 4. The Kier molecular flexibility index (Phi) is 5.43. The Bertz CT molecular complexity index is 1250. The molecule has 11 heteroatoms. The van der Waals surface area contributed by atoms with E-state index in [4.69, 9.17) is 9.47 Å². The van der Waals surface area contributed by atoms with Gasteiger partial charge in [-0.1, -0.05) is 6.07 Å². The molecule has 0 bridgehead atoms. The predicted octanol–water partition coefficient (Wildman–Crippen LogP) is 1.22. The first-order valence-corrected chi connectivity index (χ1v) is 11.9. The standard InChI is InChI=1S/C21H23N5O5S/c27-21(22-14-20-24-23-19-3-1-2-8-26(19)20)15-6-9-25(10-7-15)32(28,29)16-4-5-17-18(13-16)31-12-11-30-17/h1-5,8,13,15H,6-7,9-12,14H2,(H,22,27). The zero-order valence-corrected chi connectivity index (χ0v) is 18.1. The van der Waals surface area contributed by atoms with Gasteiger partial charge in [-0.15, -0.1) is 10.2 Å². The number of aromatic nitrogens is 3. The number of carbonyl (C=O) groups is 1. The maximum atomic E-state index is 13.1. The molecule has 10 nitrogen and oxygen atoms in total. The lowest BCUT2D eigenvalue weighted by Crippen LogP contribution is -2.43. The van der Waals surface area contributed by atoms with Crippen LogP contribution in [0.1, 0.15) is 18.7 Å². The highest BCUT2D eigenvalue weighted by Crippen LogP contribution is 2.34. The Morgan fingerprint density at radius 3 is 2.66 bits per heavy atom. The second-order valence-corrected chi connectivity index (χ2v) is 9.68. The van der Waals surface area contributed by atoms with Gasteiger partial charge < -0.3 is 14.8 Å². The Morgan fingerprint density at radius 1 is 1.06 bits per heavy atom. The normalized spacial score (nSPS) is 17.4. The average molecular weight is 458 g/mol. The van der Waals surface area contributed by atoms with E-state index in [0.717, 1.165) is 5.65 Å². The third-order valence-electron chi connectivity index (χ3n) is 5.78. The van der Waals surface area contributed by atoms with E-state index in [0.29, 0.717) is 43.4 Å². The summed E-state index contributed by atoms with van der Waals surface area (Å²) in [4.78, 5) is 12.8. The molecular weight excluding hydrogens is 434 g/mol. The van der Waals surface area contributed by atoms with Crippen molar-refractivity contribution in [3.8, 4) is 11.5 Å². The molecule has 1 aromatic carbocycles. The number of hydrogen-bond acceptors (Lipinski definition) is 7. The third-order valence-corrected chi connectivity index (χ3v) is 7.68. The van der Waals surface area contributed by atoms with Gasteiger partial charge in [-0.2, -0.15) is 4.31 Å². The molecule has 168 valence electrons. The van der Waals surface area contributed by atoms with Gasteiger partial charge in [0.2, 0.25) is 15.9 Å². The smallest absolute Gasteiger partial charge is 0.243 e. The van der Waals surface area contributed by atoms with Gasteiger partial charge in [-0.05, 0) is 37.1 Å². The molecule has 0 radical (unpaired) electrons. The van der Waals surface area contributed by atoms with Gasteiger partial charge in [0.1, 0.15) is 13.2 Å². The number of carbonyl (C=O) groups excluding carboxylic acids is 1. The monoisotopic (exact) mass is 457 g/mol. The van der Waals surface area contributed by atoms with Crippen LogP contribution >= 0.6 is 0 Å². The quantitative estimate of drug-likeness (QED) is 0.612. The molecule has 0 atom stereocenters. The molecule has 1 saturated heterocycles. The Hall–Kier alpha value is -3.18. The number of pyridine rings is 1. The molecule has 2 aromatic heterocycles. The fourth-order valence-electron chi connectivity index (χ4n) is 4.01. The Morgan fingerprint density at radius 2 is 1.84 bits per heavy atom. The topological polar surface area (TPSA) is 115 Å². The first kappa shape index (κ1) is 20.7. The van der Waals surface area contributed by atoms with E-state index in [1.54, 1.807) is 6.07 Å². The molecule has 0 unspecified atom stereocenters. The molecule has 0 aliphatic carbocycles. The Labute approximate surface area is 185 Å². The first-order valence-electron chi connectivity index (χ1n) is 10.5. The highest BCUT2D eigenvalue weighted by atomic mass is 32.2. The molecule has 2 aliphatic heterocycles. The molecule has 2 aliphatic rings. The van der Waals surface area contributed by atoms with Crippen molar-refractivity contribution >= 4 is 21.6 Å². The van der Waals surface area contributed by atoms with Crippen LogP contribution in [0.2, 0.25) is 0 Å². The summed E-state index contributed by atoms with van der Waals surface area (Å²) in [5.74, 6) is 1.28. The van der Waals surface area contributed by atoms with E-state index in [9.17, 15) is 13.2 Å². The van der Waals surface area contributed by atoms with Crippen molar-refractivity contribution < 1.29 is 22.7 Å². The van der Waals surface area contributed by atoms with E-state index in [1.807, 2.05) is 28.8 Å². The van der Waals surface area contributed by atoms with Crippen molar-refractivity contribution in [3.63, 3.8) is 0 Å². The lowest BCUT2D eigenvalue weighted by atomic mass is 9.97. The van der Waals surface area contributed by atoms with E-state index in [-0.39, 0.29) is 36.4 Å². The van der Waals surface area contributed by atoms with Gasteiger partial charge in [0.05, 0.1) is 11.4 Å². The van der Waals surface area contributed by atoms with Crippen LogP contribution in [0, 0.1) is 5.92 Å². The molecule has 5 rings (SSSR count). The zero-order valence-electron chi connectivity index (χ0n) is 17.3. The molecule has 0 saturated carbocycles. The van der Waals surface area contributed by atoms with Crippen LogP contribution in [0.3, 0.4) is 0 Å². The molecule has 3 aromatic rings. The number of nitrogens with one attached hydrogen (secondary N) is 1. The van der Waals surface area contributed by atoms with Crippen molar-refractivity contribution in [1.82, 2.24) is 24.2 Å². The molecular formula is C21H23N5O5S. The van der Waals surface area contributed by atoms with Crippen LogP contribution in [-0.2, 0) is 21.4 Å². The number of benzene rings is 1. The summed E-state index contributed by atoms with van der Waals surface area (Å²) < 4.78 is 40.3. The second-order valence-electron chi connectivity index (χ2n) is 7.75. The number of ether oxygens (including phenoxy) is 2. The predicted molar refractivity (Wildman–Crippen MR) is 114 cm³/mol. The first-order chi connectivity index (χ1) is 15.5. The SMILES string of the molecule is O=C(NCc1nnc2ccccn12)C1CCN(S(=O)(=O)c2ccc3c(c2)OCCO3)CC1. The minimum Gasteiger partial charge on any atom is -0.486 e. The third kappa shape index (κ3) is 3.89. The highest BCUT2D eigenvalue weighted by Gasteiger charge is 2.33. The maximum absolute atomic E-state index is 13.1. The van der Waals surface area contributed by atoms with Gasteiger partial charge in [0, 0.05) is 31.3 Å². The van der Waals surface area contributed by atoms with Crippen molar-refractivity contribution in [2.45, 2.75) is 24.3 Å².